The highest BCUT2D eigenvalue weighted by atomic mass is 32.3. The molecule has 0 bridgehead atoms. The Hall–Kier alpha value is -2.54. The number of esters is 2. The van der Waals surface area contributed by atoms with E-state index in [9.17, 15) is 78.4 Å². The van der Waals surface area contributed by atoms with Gasteiger partial charge in [-0.15, -0.1) is 0 Å². The van der Waals surface area contributed by atoms with E-state index >= 15 is 0 Å². The highest BCUT2D eigenvalue weighted by Gasteiger charge is 2.80. The van der Waals surface area contributed by atoms with Crippen molar-refractivity contribution in [2.24, 2.45) is 39.4 Å². The Bertz CT molecular complexity index is 2590. The number of methoxy groups -OCH3 is 1. The number of aliphatic hydroxyl groups excluding tert-OH is 10. The van der Waals surface area contributed by atoms with E-state index in [1.165, 1.54) is 21.0 Å². The van der Waals surface area contributed by atoms with Crippen molar-refractivity contribution in [3.8, 4) is 0 Å². The molecule has 1 spiro atoms. The van der Waals surface area contributed by atoms with Crippen LogP contribution in [0.15, 0.2) is 11.6 Å². The maximum absolute atomic E-state index is 14.6. The molecule has 85 heavy (non-hydrogen) atoms. The summed E-state index contributed by atoms with van der Waals surface area (Å²) in [6.45, 7) is 13.7. The minimum atomic E-state index is -5.21. The first-order valence-corrected chi connectivity index (χ1v) is 30.7. The molecule has 0 aromatic carbocycles. The van der Waals surface area contributed by atoms with Gasteiger partial charge >= 0.3 is 22.3 Å². The topological polar surface area (TPSA) is 419 Å². The summed E-state index contributed by atoms with van der Waals surface area (Å²) in [6.07, 6.45) is -29.4. The highest BCUT2D eigenvalue weighted by molar-refractivity contribution is 7.80. The first-order valence-electron chi connectivity index (χ1n) is 29.3. The third kappa shape index (κ3) is 11.5. The van der Waals surface area contributed by atoms with Gasteiger partial charge in [-0.25, -0.2) is 4.18 Å². The molecule has 0 unspecified atom stereocenters. The minimum absolute atomic E-state index is 0.0219. The number of carbonyl (C=O) groups is 3. The van der Waals surface area contributed by atoms with Crippen molar-refractivity contribution in [1.29, 1.82) is 0 Å². The predicted molar refractivity (Wildman–Crippen MR) is 284 cm³/mol. The second-order valence-electron chi connectivity index (χ2n) is 26.7. The summed E-state index contributed by atoms with van der Waals surface area (Å²) in [6, 6.07) is 0. The predicted octanol–water partition coefficient (Wildman–Crippen LogP) is -1.65. The number of cyclic esters (lactones) is 1. The first kappa shape index (κ1) is 66.9. The summed E-state index contributed by atoms with van der Waals surface area (Å²) >= 11 is 0. The van der Waals surface area contributed by atoms with E-state index in [-0.39, 0.29) is 30.5 Å². The van der Waals surface area contributed by atoms with Crippen LogP contribution in [0.1, 0.15) is 114 Å². The Kier molecular flexibility index (Phi) is 19.1. The lowest BCUT2D eigenvalue weighted by atomic mass is 9.40. The van der Waals surface area contributed by atoms with E-state index in [1.54, 1.807) is 20.8 Å². The largest absolute Gasteiger partial charge is 0.460 e. The van der Waals surface area contributed by atoms with E-state index in [0.29, 0.717) is 38.5 Å². The molecule has 0 aromatic heterocycles. The third-order valence-electron chi connectivity index (χ3n) is 21.0. The number of rotatable bonds is 18. The summed E-state index contributed by atoms with van der Waals surface area (Å²) in [5.41, 5.74) is -4.99. The van der Waals surface area contributed by atoms with Gasteiger partial charge in [-0.2, -0.15) is 8.42 Å². The molecule has 5 saturated heterocycles. The fourth-order valence-electron chi connectivity index (χ4n) is 16.6. The van der Waals surface area contributed by atoms with Crippen molar-refractivity contribution in [2.45, 2.75) is 254 Å². The normalized spacial score (nSPS) is 48.9. The van der Waals surface area contributed by atoms with Crippen LogP contribution in [0.5, 0.6) is 0 Å². The van der Waals surface area contributed by atoms with Gasteiger partial charge in [-0.1, -0.05) is 39.3 Å². The average molecular weight is 1240 g/mol. The second-order valence-corrected chi connectivity index (χ2v) is 27.7. The van der Waals surface area contributed by atoms with Gasteiger partial charge in [-0.05, 0) is 101 Å². The van der Waals surface area contributed by atoms with E-state index < -0.39 is 210 Å². The van der Waals surface area contributed by atoms with Gasteiger partial charge in [0.05, 0.1) is 38.1 Å². The van der Waals surface area contributed by atoms with Crippen LogP contribution in [0.4, 0.5) is 0 Å². The Balaban J connectivity index is 0.904. The molecule has 0 amide bonds. The third-order valence-corrected chi connectivity index (χ3v) is 21.5. The second kappa shape index (κ2) is 24.3. The minimum Gasteiger partial charge on any atom is -0.460 e. The van der Waals surface area contributed by atoms with E-state index in [1.807, 2.05) is 26.8 Å². The Labute approximate surface area is 493 Å². The van der Waals surface area contributed by atoms with Crippen LogP contribution in [0.2, 0.25) is 0 Å². The first-order chi connectivity index (χ1) is 39.6. The molecule has 29 heteroatoms. The Morgan fingerprint density at radius 2 is 1.29 bits per heavy atom. The molecule has 11 N–H and O–H groups in total. The van der Waals surface area contributed by atoms with Gasteiger partial charge in [0.2, 0.25) is 0 Å². The summed E-state index contributed by atoms with van der Waals surface area (Å²) in [5, 5.41) is 112. The summed E-state index contributed by atoms with van der Waals surface area (Å²) in [4.78, 5) is 40.6. The number of allylic oxidation sites excluding steroid dienone is 1. The fourth-order valence-corrected chi connectivity index (χ4v) is 17.1. The van der Waals surface area contributed by atoms with Gasteiger partial charge in [0, 0.05) is 26.4 Å². The van der Waals surface area contributed by atoms with Crippen LogP contribution >= 0.6 is 0 Å². The summed E-state index contributed by atoms with van der Waals surface area (Å²) < 4.78 is 103. The maximum atomic E-state index is 14.6. The van der Waals surface area contributed by atoms with Gasteiger partial charge in [-0.3, -0.25) is 18.9 Å². The van der Waals surface area contributed by atoms with Gasteiger partial charge in [0.15, 0.2) is 36.5 Å². The number of carbonyl (C=O) groups excluding carboxylic acids is 3. The van der Waals surface area contributed by atoms with Crippen molar-refractivity contribution >= 4 is 28.1 Å². The van der Waals surface area contributed by atoms with Crippen LogP contribution in [-0.2, 0) is 81.1 Å². The molecule has 9 aliphatic rings. The lowest BCUT2D eigenvalue weighted by Crippen LogP contribution is -2.67. The summed E-state index contributed by atoms with van der Waals surface area (Å²) in [5.74, 6) is -2.36. The molecule has 28 atom stereocenters. The molecule has 0 aromatic rings. The van der Waals surface area contributed by atoms with Crippen molar-refractivity contribution in [2.75, 3.05) is 26.9 Å². The zero-order chi connectivity index (χ0) is 62.6. The number of hydrogen-bond donors (Lipinski definition) is 11. The average Bonchev–Trinajstić information content (AvgIpc) is 1.56. The SMILES string of the molecule is CO[C@@H]1[C@@H](O)[C@H](O[C@@H]2[C@@H](O)[C@H](O[C@H]3[C@@H](O)[C@@H](O)[C@H](O[C@H]4[C@H](O[C@H]5CC[C@]6(C)C7=C[C@H](O)[C@]89C(=O)O[C@@](C)(C(=O)CCC(C)(C)OC(C)=O)[C@H]8CC[C@@]9(C)[C@@H]7CC[C@H]6C5(C)C)OC[C@@H](OS(=O)(=O)O)[C@@H]4O)O[C@@H]3C)O[C@H](CO)[C@H]2O)O[C@H](CO)[C@H]1O. The highest BCUT2D eigenvalue weighted by Crippen LogP contribution is 2.76. The monoisotopic (exact) mass is 1240 g/mol. The van der Waals surface area contributed by atoms with E-state index in [4.69, 9.17) is 56.3 Å². The standard InChI is InChI=1S/C56H88O28S/c1-23-42(79-48-41(68)44(36(63)28(21-58)77-48)80-47-40(67)43(73-10)35(62)27(20-57)76-47)38(65)39(66)46(75-23)81-45-37(64)29(84-85(70,71)72)22-74-49(45)78-34-15-17-53(7)26-19-33(61)56-31(13-18-54(56,8)25(26)11-12-30(53)52(34,5)6)55(9,83-50(56)69)32(60)14-16-51(3,4)82-24(2)59/h19,23,25,27-31,33-49,57-58,61-68H,11-18,20-22H2,1-10H3,(H,70,71,72)/t23-,25-,27-,28-,29-,30+,31-,33+,34+,35-,36-,37+,38+,39-,40-,41-,42-,43+,44+,45-,46+,47+,48+,49+,53-,54+,55-,56+/m1/s1. The van der Waals surface area contributed by atoms with Crippen LogP contribution in [0, 0.1) is 39.4 Å². The molecular weight excluding hydrogens is 1150 g/mol. The smallest absolute Gasteiger partial charge is 0.397 e. The van der Waals surface area contributed by atoms with Gasteiger partial charge in [0.25, 0.3) is 0 Å². The lowest BCUT2D eigenvalue weighted by Gasteiger charge is -2.64. The Morgan fingerprint density at radius 3 is 1.89 bits per heavy atom. The molecule has 9 rings (SSSR count). The van der Waals surface area contributed by atoms with Crippen molar-refractivity contribution in [1.82, 2.24) is 0 Å². The molecule has 3 saturated carbocycles. The number of fused-ring (bicyclic) bond motifs is 4. The number of Topliss-reactive ketones (excluding diaryl/α,β-unsaturated/α-hetero) is 1. The zero-order valence-electron chi connectivity index (χ0n) is 49.5. The number of ketones is 1. The van der Waals surface area contributed by atoms with Crippen LogP contribution in [0.25, 0.3) is 0 Å². The van der Waals surface area contributed by atoms with Crippen LogP contribution in [0.3, 0.4) is 0 Å². The molecule has 8 fully saturated rings. The molecule has 486 valence electrons. The molecular formula is C56H88O28S. The molecule has 5 heterocycles. The number of ether oxygens (including phenoxy) is 11. The zero-order valence-corrected chi connectivity index (χ0v) is 50.3. The van der Waals surface area contributed by atoms with Crippen molar-refractivity contribution < 1.29 is 135 Å². The van der Waals surface area contributed by atoms with Gasteiger partial charge < -0.3 is 103 Å². The quantitative estimate of drug-likeness (QED) is 0.0317. The van der Waals surface area contributed by atoms with Crippen LogP contribution in [-0.4, -0.2) is 249 Å². The molecule has 5 aliphatic heterocycles. The molecule has 0 radical (unpaired) electrons. The van der Waals surface area contributed by atoms with Crippen molar-refractivity contribution in [3.63, 3.8) is 0 Å². The van der Waals surface area contributed by atoms with Crippen LogP contribution < -0.4 is 0 Å². The van der Waals surface area contributed by atoms with E-state index in [0.717, 1.165) is 5.57 Å². The molecule has 28 nitrogen and oxygen atoms in total. The lowest BCUT2D eigenvalue weighted by molar-refractivity contribution is -0.389. The number of hydrogen-bond acceptors (Lipinski definition) is 27. The van der Waals surface area contributed by atoms with Gasteiger partial charge in [0.1, 0.15) is 96.5 Å². The Morgan fingerprint density at radius 1 is 0.706 bits per heavy atom. The summed E-state index contributed by atoms with van der Waals surface area (Å²) in [7, 11) is -4.03. The number of aliphatic hydroxyl groups is 10. The fraction of sp³-hybridized carbons (Fsp3) is 0.911. The van der Waals surface area contributed by atoms with Crippen molar-refractivity contribution in [3.05, 3.63) is 11.6 Å². The van der Waals surface area contributed by atoms with E-state index in [2.05, 4.69) is 6.92 Å². The maximum Gasteiger partial charge on any atom is 0.397 e. The molecule has 4 aliphatic carbocycles.